The van der Waals surface area contributed by atoms with Crippen molar-refractivity contribution in [1.82, 2.24) is 9.55 Å². The van der Waals surface area contributed by atoms with E-state index in [1.54, 1.807) is 6.92 Å². The number of aromatic nitrogens is 2. The molecular weight excluding hydrogens is 254 g/mol. The lowest BCUT2D eigenvalue weighted by atomic mass is 10.1. The molecule has 0 atom stereocenters. The molecule has 0 bridgehead atoms. The number of carbonyl (C=O) groups is 1. The van der Waals surface area contributed by atoms with Crippen LogP contribution in [0.15, 0.2) is 35.4 Å². The highest BCUT2D eigenvalue weighted by molar-refractivity contribution is 5.96. The van der Waals surface area contributed by atoms with Crippen LogP contribution in [0.5, 0.6) is 0 Å². The predicted molar refractivity (Wildman–Crippen MR) is 63.9 cm³/mol. The molecule has 0 saturated carbocycles. The zero-order chi connectivity index (χ0) is 14.0. The van der Waals surface area contributed by atoms with Gasteiger partial charge >= 0.3 is 0 Å². The summed E-state index contributed by atoms with van der Waals surface area (Å²) in [6, 6.07) is 3.95. The molecule has 0 fully saturated rings. The van der Waals surface area contributed by atoms with Crippen LogP contribution in [0.2, 0.25) is 0 Å². The molecule has 0 unspecified atom stereocenters. The van der Waals surface area contributed by atoms with Crippen LogP contribution < -0.4 is 5.56 Å². The van der Waals surface area contributed by atoms with Crippen LogP contribution >= 0.6 is 0 Å². The Labute approximate surface area is 107 Å². The Kier molecular flexibility index (Phi) is 3.50. The van der Waals surface area contributed by atoms with Gasteiger partial charge in [-0.15, -0.1) is 0 Å². The minimum atomic E-state index is -0.946. The fourth-order valence-corrected chi connectivity index (χ4v) is 1.59. The zero-order valence-electron chi connectivity index (χ0n) is 10.1. The maximum absolute atomic E-state index is 13.4. The van der Waals surface area contributed by atoms with Crippen molar-refractivity contribution in [2.45, 2.75) is 13.5 Å². The van der Waals surface area contributed by atoms with Crippen molar-refractivity contribution in [3.63, 3.8) is 0 Å². The summed E-state index contributed by atoms with van der Waals surface area (Å²) < 4.78 is 27.2. The van der Waals surface area contributed by atoms with Crippen LogP contribution in [0, 0.1) is 18.6 Å². The number of halogens is 2. The molecule has 0 spiro atoms. The van der Waals surface area contributed by atoms with Gasteiger partial charge in [0, 0.05) is 17.8 Å². The van der Waals surface area contributed by atoms with Crippen LogP contribution in [0.4, 0.5) is 8.78 Å². The molecule has 4 nitrogen and oxygen atoms in total. The second-order valence-electron chi connectivity index (χ2n) is 4.04. The van der Waals surface area contributed by atoms with Crippen molar-refractivity contribution in [1.29, 1.82) is 0 Å². The van der Waals surface area contributed by atoms with E-state index in [0.29, 0.717) is 11.8 Å². The fraction of sp³-hybridized carbons (Fsp3) is 0.154. The molecule has 2 rings (SSSR count). The Balaban J connectivity index is 2.28. The topological polar surface area (TPSA) is 52.0 Å². The van der Waals surface area contributed by atoms with Crippen molar-refractivity contribution >= 4 is 5.78 Å². The lowest BCUT2D eigenvalue weighted by molar-refractivity contribution is 0.0966. The Morgan fingerprint density at radius 3 is 2.68 bits per heavy atom. The van der Waals surface area contributed by atoms with E-state index in [9.17, 15) is 18.4 Å². The first-order valence-corrected chi connectivity index (χ1v) is 5.48. The number of hydrogen-bond acceptors (Lipinski definition) is 3. The van der Waals surface area contributed by atoms with Gasteiger partial charge in [-0.1, -0.05) is 0 Å². The molecule has 1 aromatic carbocycles. The van der Waals surface area contributed by atoms with Crippen molar-refractivity contribution in [2.75, 3.05) is 0 Å². The second-order valence-corrected chi connectivity index (χ2v) is 4.04. The quantitative estimate of drug-likeness (QED) is 0.793. The minimum Gasteiger partial charge on any atom is -0.292 e. The molecular formula is C13H10F2N2O2. The average Bonchev–Trinajstić information content (AvgIpc) is 2.32. The standard InChI is InChI=1S/C13H10F2N2O2/c1-8-4-13(19)17(7-16-8)6-12(18)10-3-2-9(14)5-11(10)15/h2-5,7H,6H2,1H3. The molecule has 0 aliphatic heterocycles. The number of ketones is 1. The number of Topliss-reactive ketones (excluding diaryl/α,β-unsaturated/α-hetero) is 1. The van der Waals surface area contributed by atoms with E-state index in [4.69, 9.17) is 0 Å². The number of aryl methyl sites for hydroxylation is 1. The summed E-state index contributed by atoms with van der Waals surface area (Å²) in [5.41, 5.74) is -0.126. The van der Waals surface area contributed by atoms with Crippen molar-refractivity contribution in [3.05, 3.63) is 63.8 Å². The number of benzene rings is 1. The van der Waals surface area contributed by atoms with Crippen molar-refractivity contribution in [3.8, 4) is 0 Å². The summed E-state index contributed by atoms with van der Waals surface area (Å²) in [4.78, 5) is 27.3. The van der Waals surface area contributed by atoms with Crippen LogP contribution in [0.25, 0.3) is 0 Å². The molecule has 0 radical (unpaired) electrons. The highest BCUT2D eigenvalue weighted by Crippen LogP contribution is 2.10. The van der Waals surface area contributed by atoms with Crippen molar-refractivity contribution < 1.29 is 13.6 Å². The summed E-state index contributed by atoms with van der Waals surface area (Å²) in [6.45, 7) is 1.31. The third-order valence-electron chi connectivity index (χ3n) is 2.56. The van der Waals surface area contributed by atoms with Gasteiger partial charge < -0.3 is 0 Å². The third kappa shape index (κ3) is 2.90. The molecule has 0 aliphatic rings. The van der Waals surface area contributed by atoms with E-state index < -0.39 is 23.0 Å². The number of carbonyl (C=O) groups excluding carboxylic acids is 1. The Morgan fingerprint density at radius 2 is 2.05 bits per heavy atom. The first kappa shape index (κ1) is 13.1. The molecule has 98 valence electrons. The lowest BCUT2D eigenvalue weighted by Gasteiger charge is -2.05. The van der Waals surface area contributed by atoms with Crippen LogP contribution in [0.1, 0.15) is 16.1 Å². The van der Waals surface area contributed by atoms with Gasteiger partial charge in [0.1, 0.15) is 11.6 Å². The normalized spacial score (nSPS) is 10.5. The Morgan fingerprint density at radius 1 is 1.32 bits per heavy atom. The van der Waals surface area contributed by atoms with Crippen LogP contribution in [0.3, 0.4) is 0 Å². The first-order valence-electron chi connectivity index (χ1n) is 5.48. The molecule has 0 N–H and O–H groups in total. The molecule has 19 heavy (non-hydrogen) atoms. The molecule has 1 aromatic heterocycles. The van der Waals surface area contributed by atoms with Gasteiger partial charge in [0.2, 0.25) is 0 Å². The third-order valence-corrected chi connectivity index (χ3v) is 2.56. The Hall–Kier alpha value is -2.37. The van der Waals surface area contributed by atoms with Crippen LogP contribution in [-0.2, 0) is 6.54 Å². The fourth-order valence-electron chi connectivity index (χ4n) is 1.59. The van der Waals surface area contributed by atoms with E-state index in [1.165, 1.54) is 12.4 Å². The van der Waals surface area contributed by atoms with E-state index >= 15 is 0 Å². The predicted octanol–water partition coefficient (Wildman–Crippen LogP) is 1.71. The summed E-state index contributed by atoms with van der Waals surface area (Å²) in [5.74, 6) is -2.33. The largest absolute Gasteiger partial charge is 0.292 e. The number of rotatable bonds is 3. The van der Waals surface area contributed by atoms with E-state index in [1.807, 2.05) is 0 Å². The Bertz CT molecular complexity index is 695. The maximum Gasteiger partial charge on any atom is 0.253 e. The molecule has 1 heterocycles. The maximum atomic E-state index is 13.4. The van der Waals surface area contributed by atoms with Crippen molar-refractivity contribution in [2.24, 2.45) is 0 Å². The van der Waals surface area contributed by atoms with E-state index in [0.717, 1.165) is 16.7 Å². The molecule has 0 aliphatic carbocycles. The van der Waals surface area contributed by atoms with E-state index in [-0.39, 0.29) is 12.1 Å². The number of hydrogen-bond donors (Lipinski definition) is 0. The van der Waals surface area contributed by atoms with Gasteiger partial charge in [-0.3, -0.25) is 14.2 Å². The SMILES string of the molecule is Cc1cc(=O)n(CC(=O)c2ccc(F)cc2F)cn1. The minimum absolute atomic E-state index is 0.256. The molecule has 6 heteroatoms. The zero-order valence-corrected chi connectivity index (χ0v) is 10.1. The summed E-state index contributed by atoms with van der Waals surface area (Å²) in [6.07, 6.45) is 1.22. The molecule has 0 amide bonds. The number of nitrogens with zero attached hydrogens (tertiary/aromatic N) is 2. The smallest absolute Gasteiger partial charge is 0.253 e. The van der Waals surface area contributed by atoms with Gasteiger partial charge in [-0.2, -0.15) is 0 Å². The summed E-state index contributed by atoms with van der Waals surface area (Å²) >= 11 is 0. The first-order chi connectivity index (χ1) is 8.97. The van der Waals surface area contributed by atoms with Gasteiger partial charge in [0.25, 0.3) is 5.56 Å². The second kappa shape index (κ2) is 5.09. The van der Waals surface area contributed by atoms with Gasteiger partial charge in [0.15, 0.2) is 5.78 Å². The van der Waals surface area contributed by atoms with Gasteiger partial charge in [0.05, 0.1) is 18.4 Å². The summed E-state index contributed by atoms with van der Waals surface area (Å²) in [5, 5.41) is 0. The highest BCUT2D eigenvalue weighted by atomic mass is 19.1. The average molecular weight is 264 g/mol. The van der Waals surface area contributed by atoms with E-state index in [2.05, 4.69) is 4.98 Å². The molecule has 2 aromatic rings. The highest BCUT2D eigenvalue weighted by Gasteiger charge is 2.13. The summed E-state index contributed by atoms with van der Waals surface area (Å²) in [7, 11) is 0. The van der Waals surface area contributed by atoms with Gasteiger partial charge in [-0.25, -0.2) is 13.8 Å². The molecule has 0 saturated heterocycles. The van der Waals surface area contributed by atoms with Crippen LogP contribution in [-0.4, -0.2) is 15.3 Å². The monoisotopic (exact) mass is 264 g/mol. The van der Waals surface area contributed by atoms with Gasteiger partial charge in [-0.05, 0) is 19.1 Å². The lowest BCUT2D eigenvalue weighted by Crippen LogP contribution is -2.24.